The fourth-order valence-electron chi connectivity index (χ4n) is 2.46. The Bertz CT molecular complexity index is 411. The van der Waals surface area contributed by atoms with Gasteiger partial charge in [-0.1, -0.05) is 25.0 Å². The lowest BCUT2D eigenvalue weighted by molar-refractivity contribution is -0.128. The molecular formula is C16H24N2OS. The normalized spacial score (nSPS) is 15.9. The molecule has 0 saturated carbocycles. The van der Waals surface area contributed by atoms with Gasteiger partial charge in [0.15, 0.2) is 0 Å². The van der Waals surface area contributed by atoms with Crippen LogP contribution >= 0.6 is 11.8 Å². The summed E-state index contributed by atoms with van der Waals surface area (Å²) in [4.78, 5) is 15.4. The van der Waals surface area contributed by atoms with Gasteiger partial charge in [-0.2, -0.15) is 0 Å². The van der Waals surface area contributed by atoms with Gasteiger partial charge in [-0.05, 0) is 37.6 Å². The molecule has 20 heavy (non-hydrogen) atoms. The predicted molar refractivity (Wildman–Crippen MR) is 85.0 cm³/mol. The topological polar surface area (TPSA) is 32.3 Å². The fraction of sp³-hybridized carbons (Fsp3) is 0.562. The van der Waals surface area contributed by atoms with Crippen LogP contribution in [0.5, 0.6) is 0 Å². The molecule has 1 aromatic rings. The van der Waals surface area contributed by atoms with E-state index >= 15 is 0 Å². The van der Waals surface area contributed by atoms with E-state index in [1.165, 1.54) is 23.3 Å². The number of nitrogens with zero attached hydrogens (tertiary/aromatic N) is 1. The summed E-state index contributed by atoms with van der Waals surface area (Å²) in [6.45, 7) is 2.78. The van der Waals surface area contributed by atoms with E-state index in [9.17, 15) is 4.79 Å². The lowest BCUT2D eigenvalue weighted by Gasteiger charge is -2.19. The van der Waals surface area contributed by atoms with Crippen LogP contribution in [0.15, 0.2) is 29.2 Å². The Hall–Kier alpha value is -1.00. The molecule has 0 bridgehead atoms. The second-order valence-electron chi connectivity index (χ2n) is 5.26. The van der Waals surface area contributed by atoms with Crippen LogP contribution in [0.1, 0.15) is 31.2 Å². The molecule has 4 heteroatoms. The molecule has 1 N–H and O–H groups in total. The van der Waals surface area contributed by atoms with E-state index < -0.39 is 0 Å². The van der Waals surface area contributed by atoms with Gasteiger partial charge in [0.05, 0.1) is 5.75 Å². The van der Waals surface area contributed by atoms with E-state index in [4.69, 9.17) is 0 Å². The van der Waals surface area contributed by atoms with E-state index in [0.29, 0.717) is 5.75 Å². The maximum Gasteiger partial charge on any atom is 0.232 e. The van der Waals surface area contributed by atoms with Crippen molar-refractivity contribution < 1.29 is 4.79 Å². The van der Waals surface area contributed by atoms with Gasteiger partial charge in [0.25, 0.3) is 0 Å². The molecule has 0 unspecified atom stereocenters. The first-order chi connectivity index (χ1) is 9.79. The number of hydrogen-bond donors (Lipinski definition) is 1. The lowest BCUT2D eigenvalue weighted by atomic mass is 10.2. The molecule has 0 aromatic heterocycles. The van der Waals surface area contributed by atoms with Crippen LogP contribution in [0.2, 0.25) is 0 Å². The van der Waals surface area contributed by atoms with Crippen LogP contribution in [0.4, 0.5) is 0 Å². The van der Waals surface area contributed by atoms with E-state index in [1.807, 2.05) is 11.9 Å². The molecule has 1 heterocycles. The standard InChI is InChI=1S/C16H24N2OS/c1-17-12-14-6-8-15(9-7-14)20-13-16(19)18-10-4-2-3-5-11-18/h6-9,17H,2-5,10-13H2,1H3. The zero-order valence-electron chi connectivity index (χ0n) is 12.2. The zero-order valence-corrected chi connectivity index (χ0v) is 13.0. The predicted octanol–water partition coefficient (Wildman–Crippen LogP) is 2.90. The average molecular weight is 292 g/mol. The third kappa shape index (κ3) is 4.84. The van der Waals surface area contributed by atoms with Gasteiger partial charge in [0.1, 0.15) is 0 Å². The summed E-state index contributed by atoms with van der Waals surface area (Å²) in [5, 5.41) is 3.14. The number of amides is 1. The number of likely N-dealkylation sites (tertiary alicyclic amines) is 1. The van der Waals surface area contributed by atoms with Crippen molar-refractivity contribution in [3.05, 3.63) is 29.8 Å². The number of hydrogen-bond acceptors (Lipinski definition) is 3. The summed E-state index contributed by atoms with van der Waals surface area (Å²) in [5.41, 5.74) is 1.27. The van der Waals surface area contributed by atoms with Crippen molar-refractivity contribution in [3.8, 4) is 0 Å². The summed E-state index contributed by atoms with van der Waals surface area (Å²) < 4.78 is 0. The quantitative estimate of drug-likeness (QED) is 0.847. The molecule has 1 aromatic carbocycles. The summed E-state index contributed by atoms with van der Waals surface area (Å²) in [6.07, 6.45) is 4.86. The maximum atomic E-state index is 12.2. The Morgan fingerprint density at radius 3 is 2.40 bits per heavy atom. The third-order valence-electron chi connectivity index (χ3n) is 3.63. The van der Waals surface area contributed by atoms with Crippen molar-refractivity contribution >= 4 is 17.7 Å². The molecule has 1 fully saturated rings. The molecule has 3 nitrogen and oxygen atoms in total. The van der Waals surface area contributed by atoms with Crippen LogP contribution in [-0.2, 0) is 11.3 Å². The molecule has 1 aliphatic heterocycles. The SMILES string of the molecule is CNCc1ccc(SCC(=O)N2CCCCCC2)cc1. The Kier molecular flexibility index (Phi) is 6.40. The monoisotopic (exact) mass is 292 g/mol. The smallest absolute Gasteiger partial charge is 0.232 e. The molecule has 2 rings (SSSR count). The van der Waals surface area contributed by atoms with Crippen molar-refractivity contribution in [2.45, 2.75) is 37.1 Å². The Morgan fingerprint density at radius 1 is 1.15 bits per heavy atom. The molecule has 0 aliphatic carbocycles. The Morgan fingerprint density at radius 2 is 1.80 bits per heavy atom. The van der Waals surface area contributed by atoms with Crippen molar-refractivity contribution in [2.75, 3.05) is 25.9 Å². The van der Waals surface area contributed by atoms with Crippen LogP contribution in [0.25, 0.3) is 0 Å². The molecule has 0 atom stereocenters. The van der Waals surface area contributed by atoms with E-state index in [-0.39, 0.29) is 5.91 Å². The highest BCUT2D eigenvalue weighted by Gasteiger charge is 2.15. The Labute approximate surface area is 126 Å². The summed E-state index contributed by atoms with van der Waals surface area (Å²) in [5.74, 6) is 0.849. The number of benzene rings is 1. The van der Waals surface area contributed by atoms with E-state index in [2.05, 4.69) is 29.6 Å². The maximum absolute atomic E-state index is 12.2. The minimum absolute atomic E-state index is 0.288. The van der Waals surface area contributed by atoms with Crippen molar-refractivity contribution in [2.24, 2.45) is 0 Å². The Balaban J connectivity index is 1.80. The van der Waals surface area contributed by atoms with Gasteiger partial charge in [0, 0.05) is 24.5 Å². The highest BCUT2D eigenvalue weighted by atomic mass is 32.2. The van der Waals surface area contributed by atoms with E-state index in [1.54, 1.807) is 11.8 Å². The number of carbonyl (C=O) groups excluding carboxylic acids is 1. The molecule has 110 valence electrons. The summed E-state index contributed by atoms with van der Waals surface area (Å²) in [7, 11) is 1.95. The van der Waals surface area contributed by atoms with Crippen LogP contribution in [0, 0.1) is 0 Å². The molecule has 0 spiro atoms. The molecule has 0 radical (unpaired) electrons. The number of nitrogens with one attached hydrogen (secondary N) is 1. The average Bonchev–Trinajstić information content (AvgIpc) is 2.76. The number of carbonyl (C=O) groups is 1. The molecule has 1 aliphatic rings. The summed E-state index contributed by atoms with van der Waals surface area (Å²) >= 11 is 1.64. The lowest BCUT2D eigenvalue weighted by Crippen LogP contribution is -2.33. The van der Waals surface area contributed by atoms with Gasteiger partial charge in [-0.15, -0.1) is 11.8 Å². The largest absolute Gasteiger partial charge is 0.342 e. The van der Waals surface area contributed by atoms with Crippen LogP contribution in [-0.4, -0.2) is 36.7 Å². The first-order valence-electron chi connectivity index (χ1n) is 7.44. The minimum Gasteiger partial charge on any atom is -0.342 e. The van der Waals surface area contributed by atoms with Gasteiger partial charge in [0.2, 0.25) is 5.91 Å². The number of thioether (sulfide) groups is 1. The first-order valence-corrected chi connectivity index (χ1v) is 8.42. The van der Waals surface area contributed by atoms with Crippen molar-refractivity contribution in [3.63, 3.8) is 0 Å². The van der Waals surface area contributed by atoms with Gasteiger partial charge >= 0.3 is 0 Å². The van der Waals surface area contributed by atoms with Crippen molar-refractivity contribution in [1.82, 2.24) is 10.2 Å². The van der Waals surface area contributed by atoms with Crippen LogP contribution in [0.3, 0.4) is 0 Å². The highest BCUT2D eigenvalue weighted by molar-refractivity contribution is 8.00. The van der Waals surface area contributed by atoms with Gasteiger partial charge < -0.3 is 10.2 Å². The van der Waals surface area contributed by atoms with Gasteiger partial charge in [-0.25, -0.2) is 0 Å². The second kappa shape index (κ2) is 8.32. The zero-order chi connectivity index (χ0) is 14.2. The molecular weight excluding hydrogens is 268 g/mol. The van der Waals surface area contributed by atoms with E-state index in [0.717, 1.165) is 32.5 Å². The first kappa shape index (κ1) is 15.4. The minimum atomic E-state index is 0.288. The van der Waals surface area contributed by atoms with Crippen molar-refractivity contribution in [1.29, 1.82) is 0 Å². The summed E-state index contributed by atoms with van der Waals surface area (Å²) in [6, 6.07) is 8.45. The van der Waals surface area contributed by atoms with Gasteiger partial charge in [-0.3, -0.25) is 4.79 Å². The van der Waals surface area contributed by atoms with Crippen LogP contribution < -0.4 is 5.32 Å². The highest BCUT2D eigenvalue weighted by Crippen LogP contribution is 2.20. The third-order valence-corrected chi connectivity index (χ3v) is 4.62. The molecule has 1 saturated heterocycles. The molecule has 1 amide bonds. The number of rotatable bonds is 5. The second-order valence-corrected chi connectivity index (χ2v) is 6.31. The fourth-order valence-corrected chi connectivity index (χ4v) is 3.27.